The molecular weight excluding hydrogens is 216 g/mol. The number of hydrogen-bond donors (Lipinski definition) is 1. The first kappa shape index (κ1) is 14.5. The molecular formula is C13H26N2O2. The number of unbranched alkanes of at least 4 members (excludes halogenated alkanes) is 1. The van der Waals surface area contributed by atoms with E-state index < -0.39 is 0 Å². The van der Waals surface area contributed by atoms with Crippen LogP contribution in [0.25, 0.3) is 0 Å². The molecule has 1 saturated heterocycles. The summed E-state index contributed by atoms with van der Waals surface area (Å²) < 4.78 is 5.50. The Labute approximate surface area is 105 Å². The van der Waals surface area contributed by atoms with Gasteiger partial charge in [-0.1, -0.05) is 19.8 Å². The molecule has 17 heavy (non-hydrogen) atoms. The van der Waals surface area contributed by atoms with Crippen molar-refractivity contribution in [2.45, 2.75) is 65.3 Å². The van der Waals surface area contributed by atoms with E-state index in [1.54, 1.807) is 0 Å². The van der Waals surface area contributed by atoms with E-state index in [9.17, 15) is 4.79 Å². The maximum Gasteiger partial charge on any atom is 0.241 e. The maximum absolute atomic E-state index is 12.2. The average Bonchev–Trinajstić information content (AvgIpc) is 2.54. The van der Waals surface area contributed by atoms with Crippen LogP contribution in [0, 0.1) is 0 Å². The summed E-state index contributed by atoms with van der Waals surface area (Å²) in [7, 11) is 0. The van der Waals surface area contributed by atoms with E-state index in [-0.39, 0.29) is 24.2 Å². The van der Waals surface area contributed by atoms with Gasteiger partial charge in [0, 0.05) is 13.2 Å². The van der Waals surface area contributed by atoms with Gasteiger partial charge in [-0.05, 0) is 27.2 Å². The van der Waals surface area contributed by atoms with E-state index in [0.29, 0.717) is 13.2 Å². The van der Waals surface area contributed by atoms with Crippen LogP contribution in [0.4, 0.5) is 0 Å². The summed E-state index contributed by atoms with van der Waals surface area (Å²) in [6.07, 6.45) is 3.42. The van der Waals surface area contributed by atoms with Crippen molar-refractivity contribution in [1.82, 2.24) is 10.2 Å². The molecule has 3 atom stereocenters. The molecule has 0 radical (unpaired) electrons. The SMILES string of the molecule is CCCCC1NC(C)N(CC(C)OCC)C1=O. The molecule has 0 aromatic heterocycles. The molecule has 1 aliphatic rings. The van der Waals surface area contributed by atoms with Crippen LogP contribution in [0.2, 0.25) is 0 Å². The molecule has 0 spiro atoms. The van der Waals surface area contributed by atoms with Crippen molar-refractivity contribution < 1.29 is 9.53 Å². The molecule has 1 fully saturated rings. The lowest BCUT2D eigenvalue weighted by molar-refractivity contribution is -0.131. The van der Waals surface area contributed by atoms with Crippen LogP contribution in [0.1, 0.15) is 47.0 Å². The number of rotatable bonds is 7. The molecule has 4 nitrogen and oxygen atoms in total. The third-order valence-corrected chi connectivity index (χ3v) is 3.24. The molecule has 3 unspecified atom stereocenters. The lowest BCUT2D eigenvalue weighted by atomic mass is 10.1. The smallest absolute Gasteiger partial charge is 0.241 e. The quantitative estimate of drug-likeness (QED) is 0.739. The van der Waals surface area contributed by atoms with Crippen molar-refractivity contribution >= 4 is 5.91 Å². The van der Waals surface area contributed by atoms with Crippen LogP contribution in [0.3, 0.4) is 0 Å². The van der Waals surface area contributed by atoms with Crippen molar-refractivity contribution in [3.63, 3.8) is 0 Å². The molecule has 0 bridgehead atoms. The number of hydrogen-bond acceptors (Lipinski definition) is 3. The molecule has 0 aromatic rings. The highest BCUT2D eigenvalue weighted by Crippen LogP contribution is 2.16. The molecule has 1 aliphatic heterocycles. The largest absolute Gasteiger partial charge is 0.377 e. The van der Waals surface area contributed by atoms with Gasteiger partial charge in [-0.15, -0.1) is 0 Å². The van der Waals surface area contributed by atoms with Crippen LogP contribution in [-0.2, 0) is 9.53 Å². The van der Waals surface area contributed by atoms with Crippen molar-refractivity contribution in [1.29, 1.82) is 0 Å². The van der Waals surface area contributed by atoms with Gasteiger partial charge in [0.1, 0.15) is 0 Å². The van der Waals surface area contributed by atoms with Crippen molar-refractivity contribution in [3.8, 4) is 0 Å². The molecule has 100 valence electrons. The zero-order chi connectivity index (χ0) is 12.8. The Kier molecular flexibility index (Phi) is 5.92. The zero-order valence-electron chi connectivity index (χ0n) is 11.5. The second kappa shape index (κ2) is 6.97. The van der Waals surface area contributed by atoms with Gasteiger partial charge in [0.2, 0.25) is 5.91 Å². The monoisotopic (exact) mass is 242 g/mol. The minimum Gasteiger partial charge on any atom is -0.377 e. The fraction of sp³-hybridized carbons (Fsp3) is 0.923. The predicted octanol–water partition coefficient (Wildman–Crippen LogP) is 1.75. The second-order valence-corrected chi connectivity index (χ2v) is 4.79. The van der Waals surface area contributed by atoms with Crippen LogP contribution in [0.15, 0.2) is 0 Å². The summed E-state index contributed by atoms with van der Waals surface area (Å²) in [5.74, 6) is 0.234. The van der Waals surface area contributed by atoms with Crippen LogP contribution in [0.5, 0.6) is 0 Å². The Morgan fingerprint density at radius 2 is 2.18 bits per heavy atom. The van der Waals surface area contributed by atoms with Crippen molar-refractivity contribution in [3.05, 3.63) is 0 Å². The normalized spacial score (nSPS) is 26.6. The van der Waals surface area contributed by atoms with Gasteiger partial charge in [0.25, 0.3) is 0 Å². The van der Waals surface area contributed by atoms with E-state index in [1.165, 1.54) is 0 Å². The lowest BCUT2D eigenvalue weighted by Gasteiger charge is -2.24. The van der Waals surface area contributed by atoms with Crippen molar-refractivity contribution in [2.75, 3.05) is 13.2 Å². The molecule has 1 N–H and O–H groups in total. The summed E-state index contributed by atoms with van der Waals surface area (Å²) in [5, 5.41) is 3.36. The molecule has 0 aliphatic carbocycles. The number of amides is 1. The minimum absolute atomic E-state index is 0.0128. The van der Waals surface area contributed by atoms with E-state index in [1.807, 2.05) is 25.7 Å². The van der Waals surface area contributed by atoms with Gasteiger partial charge in [-0.25, -0.2) is 0 Å². The molecule has 1 amide bonds. The van der Waals surface area contributed by atoms with Gasteiger partial charge in [0.05, 0.1) is 18.3 Å². The maximum atomic E-state index is 12.2. The van der Waals surface area contributed by atoms with Gasteiger partial charge in [-0.3, -0.25) is 10.1 Å². The lowest BCUT2D eigenvalue weighted by Crippen LogP contribution is -2.40. The van der Waals surface area contributed by atoms with E-state index >= 15 is 0 Å². The van der Waals surface area contributed by atoms with Crippen LogP contribution < -0.4 is 5.32 Å². The van der Waals surface area contributed by atoms with E-state index in [0.717, 1.165) is 19.3 Å². The standard InChI is InChI=1S/C13H26N2O2/c1-5-7-8-12-13(16)15(11(4)14-12)9-10(3)17-6-2/h10-12,14H,5-9H2,1-4H3. The van der Waals surface area contributed by atoms with Gasteiger partial charge < -0.3 is 9.64 Å². The third kappa shape index (κ3) is 3.96. The Bertz CT molecular complexity index is 246. The zero-order valence-corrected chi connectivity index (χ0v) is 11.5. The van der Waals surface area contributed by atoms with Crippen LogP contribution >= 0.6 is 0 Å². The Morgan fingerprint density at radius 1 is 1.47 bits per heavy atom. The molecule has 0 aromatic carbocycles. The Hall–Kier alpha value is -0.610. The highest BCUT2D eigenvalue weighted by atomic mass is 16.5. The van der Waals surface area contributed by atoms with Gasteiger partial charge >= 0.3 is 0 Å². The summed E-state index contributed by atoms with van der Waals surface area (Å²) in [4.78, 5) is 14.1. The fourth-order valence-corrected chi connectivity index (χ4v) is 2.32. The van der Waals surface area contributed by atoms with E-state index in [2.05, 4.69) is 12.2 Å². The molecule has 0 saturated carbocycles. The molecule has 1 heterocycles. The minimum atomic E-state index is 0.0128. The summed E-state index contributed by atoms with van der Waals surface area (Å²) in [5.41, 5.74) is 0. The summed E-state index contributed by atoms with van der Waals surface area (Å²) >= 11 is 0. The fourth-order valence-electron chi connectivity index (χ4n) is 2.32. The highest BCUT2D eigenvalue weighted by Gasteiger charge is 2.36. The number of carbonyl (C=O) groups is 1. The topological polar surface area (TPSA) is 41.6 Å². The summed E-state index contributed by atoms with van der Waals surface area (Å²) in [6, 6.07) is 0.0128. The summed E-state index contributed by atoms with van der Waals surface area (Å²) in [6.45, 7) is 9.57. The number of carbonyl (C=O) groups excluding carboxylic acids is 1. The first-order valence-electron chi connectivity index (χ1n) is 6.78. The van der Waals surface area contributed by atoms with E-state index in [4.69, 9.17) is 4.74 Å². The Balaban J connectivity index is 2.47. The average molecular weight is 242 g/mol. The highest BCUT2D eigenvalue weighted by molar-refractivity contribution is 5.84. The van der Waals surface area contributed by atoms with Gasteiger partial charge in [0.15, 0.2) is 0 Å². The molecule has 1 rings (SSSR count). The first-order chi connectivity index (χ1) is 8.10. The second-order valence-electron chi connectivity index (χ2n) is 4.79. The van der Waals surface area contributed by atoms with Crippen LogP contribution in [-0.4, -0.2) is 42.3 Å². The number of nitrogens with zero attached hydrogens (tertiary/aromatic N) is 1. The van der Waals surface area contributed by atoms with Gasteiger partial charge in [-0.2, -0.15) is 0 Å². The van der Waals surface area contributed by atoms with Crippen molar-refractivity contribution in [2.24, 2.45) is 0 Å². The predicted molar refractivity (Wildman–Crippen MR) is 68.7 cm³/mol. The third-order valence-electron chi connectivity index (χ3n) is 3.24. The first-order valence-corrected chi connectivity index (χ1v) is 6.78. The number of nitrogens with one attached hydrogen (secondary N) is 1. The molecule has 4 heteroatoms. The Morgan fingerprint density at radius 3 is 2.76 bits per heavy atom. The number of ether oxygens (including phenoxy) is 1.